The number of nitrogens with zero attached hydrogens (tertiary/aromatic N) is 2. The van der Waals surface area contributed by atoms with Gasteiger partial charge in [0.25, 0.3) is 0 Å². The van der Waals surface area contributed by atoms with Crippen molar-refractivity contribution in [3.8, 4) is 11.4 Å². The molecule has 0 aliphatic rings. The highest BCUT2D eigenvalue weighted by molar-refractivity contribution is 6.23. The van der Waals surface area contributed by atoms with E-state index in [9.17, 15) is 0 Å². The molecule has 0 aliphatic carbocycles. The van der Waals surface area contributed by atoms with Crippen LogP contribution in [-0.4, -0.2) is 9.55 Å². The highest BCUT2D eigenvalue weighted by Gasteiger charge is 2.16. The first-order valence-electron chi connectivity index (χ1n) is 8.36. The van der Waals surface area contributed by atoms with Crippen molar-refractivity contribution in [1.29, 1.82) is 0 Å². The van der Waals surface area contributed by atoms with Gasteiger partial charge in [0.05, 0.1) is 11.0 Å². The lowest BCUT2D eigenvalue weighted by atomic mass is 10.00. The molecule has 120 valence electrons. The van der Waals surface area contributed by atoms with Gasteiger partial charge >= 0.3 is 0 Å². The lowest BCUT2D eigenvalue weighted by molar-refractivity contribution is 0.962. The van der Waals surface area contributed by atoms with Crippen LogP contribution in [0.5, 0.6) is 0 Å². The molecule has 1 aromatic heterocycles. The fraction of sp³-hybridized carbons (Fsp3) is 0.0455. The highest BCUT2D eigenvalue weighted by Crippen LogP contribution is 2.36. The summed E-state index contributed by atoms with van der Waals surface area (Å²) in [7, 11) is 2.09. The smallest absolute Gasteiger partial charge is 0.140 e. The summed E-state index contributed by atoms with van der Waals surface area (Å²) in [5.41, 5.74) is 9.89. The Morgan fingerprint density at radius 2 is 1.28 bits per heavy atom. The fourth-order valence-electron chi connectivity index (χ4n) is 3.73. The van der Waals surface area contributed by atoms with Gasteiger partial charge in [-0.05, 0) is 35.0 Å². The summed E-state index contributed by atoms with van der Waals surface area (Å²) in [6.07, 6.45) is 0. The van der Waals surface area contributed by atoms with Crippen molar-refractivity contribution >= 4 is 38.3 Å². The Kier molecular flexibility index (Phi) is 2.86. The van der Waals surface area contributed by atoms with Gasteiger partial charge in [0.1, 0.15) is 5.82 Å². The number of nitrogens with two attached hydrogens (primary N) is 1. The maximum atomic E-state index is 5.84. The molecule has 0 amide bonds. The first-order chi connectivity index (χ1) is 12.2. The zero-order chi connectivity index (χ0) is 17.0. The molecule has 3 nitrogen and oxygen atoms in total. The first kappa shape index (κ1) is 14.1. The van der Waals surface area contributed by atoms with E-state index in [-0.39, 0.29) is 0 Å². The summed E-state index contributed by atoms with van der Waals surface area (Å²) in [4.78, 5) is 5.01. The third kappa shape index (κ3) is 1.96. The number of anilines is 1. The molecule has 0 spiro atoms. The van der Waals surface area contributed by atoms with Gasteiger partial charge in [-0.3, -0.25) is 0 Å². The standard InChI is InChI=1S/C22H17N3/c1-25-21-19-9-5-3-7-17(19)16-6-2-4-8-18(16)20(21)24-22(25)14-10-12-15(23)13-11-14/h2-13H,23H2,1H3. The summed E-state index contributed by atoms with van der Waals surface area (Å²) in [5, 5.41) is 4.92. The van der Waals surface area contributed by atoms with Gasteiger partial charge in [-0.1, -0.05) is 48.5 Å². The van der Waals surface area contributed by atoms with Crippen molar-refractivity contribution in [3.05, 3.63) is 72.8 Å². The highest BCUT2D eigenvalue weighted by atomic mass is 15.1. The van der Waals surface area contributed by atoms with Gasteiger partial charge in [0, 0.05) is 29.1 Å². The summed E-state index contributed by atoms with van der Waals surface area (Å²) in [6.45, 7) is 0. The SMILES string of the molecule is Cn1c(-c2ccc(N)cc2)nc2c3ccccc3c3ccccc3c21. The minimum Gasteiger partial charge on any atom is -0.399 e. The van der Waals surface area contributed by atoms with E-state index in [0.717, 1.165) is 22.6 Å². The van der Waals surface area contributed by atoms with E-state index < -0.39 is 0 Å². The minimum absolute atomic E-state index is 0.762. The molecule has 0 radical (unpaired) electrons. The molecule has 0 saturated carbocycles. The summed E-state index contributed by atoms with van der Waals surface area (Å²) >= 11 is 0. The van der Waals surface area contributed by atoms with E-state index in [1.165, 1.54) is 27.1 Å². The van der Waals surface area contributed by atoms with E-state index in [0.29, 0.717) is 0 Å². The zero-order valence-electron chi connectivity index (χ0n) is 13.9. The Bertz CT molecular complexity index is 1250. The van der Waals surface area contributed by atoms with Crippen molar-refractivity contribution in [2.45, 2.75) is 0 Å². The van der Waals surface area contributed by atoms with E-state index in [1.807, 2.05) is 24.3 Å². The van der Waals surface area contributed by atoms with Crippen molar-refractivity contribution in [1.82, 2.24) is 9.55 Å². The number of imidazole rings is 1. The van der Waals surface area contributed by atoms with Gasteiger partial charge < -0.3 is 10.3 Å². The van der Waals surface area contributed by atoms with Crippen molar-refractivity contribution in [2.24, 2.45) is 7.05 Å². The predicted octanol–water partition coefficient (Wildman–Crippen LogP) is 5.13. The fourth-order valence-corrected chi connectivity index (χ4v) is 3.73. The lowest BCUT2D eigenvalue weighted by Crippen LogP contribution is -1.93. The Morgan fingerprint density at radius 1 is 0.720 bits per heavy atom. The molecule has 4 aromatic carbocycles. The first-order valence-corrected chi connectivity index (χ1v) is 8.36. The third-order valence-corrected chi connectivity index (χ3v) is 4.92. The van der Waals surface area contributed by atoms with E-state index in [1.54, 1.807) is 0 Å². The topological polar surface area (TPSA) is 43.8 Å². The van der Waals surface area contributed by atoms with Crippen molar-refractivity contribution < 1.29 is 0 Å². The second kappa shape index (κ2) is 5.08. The largest absolute Gasteiger partial charge is 0.399 e. The summed E-state index contributed by atoms with van der Waals surface area (Å²) < 4.78 is 2.19. The van der Waals surface area contributed by atoms with Crippen LogP contribution in [-0.2, 0) is 7.05 Å². The quantitative estimate of drug-likeness (QED) is 0.343. The molecule has 5 aromatic rings. The Morgan fingerprint density at radius 3 is 1.96 bits per heavy atom. The predicted molar refractivity (Wildman–Crippen MR) is 106 cm³/mol. The second-order valence-electron chi connectivity index (χ2n) is 6.40. The van der Waals surface area contributed by atoms with Gasteiger partial charge in [-0.25, -0.2) is 4.98 Å². The lowest BCUT2D eigenvalue weighted by Gasteiger charge is -2.08. The van der Waals surface area contributed by atoms with Gasteiger partial charge in [-0.15, -0.1) is 0 Å². The average molecular weight is 323 g/mol. The number of nitrogen functional groups attached to an aromatic ring is 1. The van der Waals surface area contributed by atoms with Crippen LogP contribution < -0.4 is 5.73 Å². The van der Waals surface area contributed by atoms with Crippen molar-refractivity contribution in [2.75, 3.05) is 5.73 Å². The second-order valence-corrected chi connectivity index (χ2v) is 6.40. The summed E-state index contributed by atoms with van der Waals surface area (Å²) in [6, 6.07) is 24.9. The van der Waals surface area contributed by atoms with Gasteiger partial charge in [0.15, 0.2) is 0 Å². The van der Waals surface area contributed by atoms with Crippen LogP contribution in [0.2, 0.25) is 0 Å². The number of rotatable bonds is 1. The molecule has 0 bridgehead atoms. The molecule has 1 heterocycles. The average Bonchev–Trinajstić information content (AvgIpc) is 3.00. The van der Waals surface area contributed by atoms with E-state index in [4.69, 9.17) is 10.7 Å². The van der Waals surface area contributed by atoms with Crippen LogP contribution in [0.15, 0.2) is 72.8 Å². The van der Waals surface area contributed by atoms with Crippen LogP contribution in [0, 0.1) is 0 Å². The van der Waals surface area contributed by atoms with Gasteiger partial charge in [-0.2, -0.15) is 0 Å². The molecule has 2 N–H and O–H groups in total. The molecule has 0 aliphatic heterocycles. The zero-order valence-corrected chi connectivity index (χ0v) is 13.9. The Labute approximate surface area is 145 Å². The van der Waals surface area contributed by atoms with Crippen LogP contribution in [0.4, 0.5) is 5.69 Å². The maximum absolute atomic E-state index is 5.84. The molecule has 25 heavy (non-hydrogen) atoms. The molecule has 3 heteroatoms. The molecule has 0 fully saturated rings. The molecule has 0 atom stereocenters. The summed E-state index contributed by atoms with van der Waals surface area (Å²) in [5.74, 6) is 0.955. The maximum Gasteiger partial charge on any atom is 0.140 e. The molecule has 0 unspecified atom stereocenters. The molecular weight excluding hydrogens is 306 g/mol. The van der Waals surface area contributed by atoms with Crippen LogP contribution in [0.25, 0.3) is 44.0 Å². The number of fused-ring (bicyclic) bond motifs is 6. The normalized spacial score (nSPS) is 11.6. The van der Waals surface area contributed by atoms with Crippen LogP contribution in [0.3, 0.4) is 0 Å². The monoisotopic (exact) mass is 323 g/mol. The molecule has 0 saturated heterocycles. The Hall–Kier alpha value is -3.33. The number of aromatic nitrogens is 2. The number of aryl methyl sites for hydroxylation is 1. The van der Waals surface area contributed by atoms with Crippen molar-refractivity contribution in [3.63, 3.8) is 0 Å². The van der Waals surface area contributed by atoms with E-state index in [2.05, 4.69) is 60.1 Å². The Balaban J connectivity index is 1.99. The molecular formula is C22H17N3. The minimum atomic E-state index is 0.762. The number of benzene rings is 4. The molecule has 5 rings (SSSR count). The third-order valence-electron chi connectivity index (χ3n) is 4.92. The number of hydrogen-bond donors (Lipinski definition) is 1. The van der Waals surface area contributed by atoms with E-state index >= 15 is 0 Å². The van der Waals surface area contributed by atoms with Crippen LogP contribution in [0.1, 0.15) is 0 Å². The number of hydrogen-bond acceptors (Lipinski definition) is 2. The van der Waals surface area contributed by atoms with Crippen LogP contribution >= 0.6 is 0 Å². The van der Waals surface area contributed by atoms with Gasteiger partial charge in [0.2, 0.25) is 0 Å².